The lowest BCUT2D eigenvalue weighted by Gasteiger charge is -2.20. The minimum absolute atomic E-state index is 0.181. The van der Waals surface area contributed by atoms with E-state index in [9.17, 15) is 22.8 Å². The van der Waals surface area contributed by atoms with E-state index < -0.39 is 39.8 Å². The van der Waals surface area contributed by atoms with Crippen molar-refractivity contribution in [3.63, 3.8) is 0 Å². The zero-order chi connectivity index (χ0) is 20.6. The second-order valence-corrected chi connectivity index (χ2v) is 8.62. The Morgan fingerprint density at radius 3 is 2.30 bits per heavy atom. The highest BCUT2D eigenvalue weighted by atomic mass is 35.5. The van der Waals surface area contributed by atoms with Crippen LogP contribution in [0.5, 0.6) is 0 Å². The second kappa shape index (κ2) is 10.3. The van der Waals surface area contributed by atoms with Crippen molar-refractivity contribution in [2.75, 3.05) is 18.6 Å². The van der Waals surface area contributed by atoms with Crippen molar-refractivity contribution in [2.45, 2.75) is 32.4 Å². The summed E-state index contributed by atoms with van der Waals surface area (Å²) < 4.78 is 27.9. The molecule has 2 amide bonds. The van der Waals surface area contributed by atoms with Crippen LogP contribution in [0.1, 0.15) is 30.6 Å². The fraction of sp³-hybridized carbons (Fsp3) is 0.471. The van der Waals surface area contributed by atoms with Gasteiger partial charge in [0.05, 0.1) is 5.75 Å². The van der Waals surface area contributed by atoms with Crippen LogP contribution in [-0.2, 0) is 24.2 Å². The number of sulfone groups is 1. The van der Waals surface area contributed by atoms with Gasteiger partial charge in [-0.25, -0.2) is 13.2 Å². The van der Waals surface area contributed by atoms with E-state index in [-0.39, 0.29) is 17.7 Å². The lowest BCUT2D eigenvalue weighted by Crippen LogP contribution is -2.45. The molecule has 0 aliphatic carbocycles. The zero-order valence-electron chi connectivity index (χ0n) is 15.3. The number of hydrogen-bond acceptors (Lipinski definition) is 6. The summed E-state index contributed by atoms with van der Waals surface area (Å²) in [5.74, 6) is -2.30. The minimum Gasteiger partial charge on any atom is -0.451 e. The molecule has 1 rings (SSSR count). The first kappa shape index (κ1) is 22.9. The van der Waals surface area contributed by atoms with Crippen LogP contribution in [-0.4, -0.2) is 56.9 Å². The smallest absolute Gasteiger partial charge is 0.329 e. The van der Waals surface area contributed by atoms with E-state index in [1.54, 1.807) is 6.92 Å². The van der Waals surface area contributed by atoms with E-state index >= 15 is 0 Å². The number of benzene rings is 1. The van der Waals surface area contributed by atoms with Crippen LogP contribution in [0.2, 0.25) is 5.02 Å². The van der Waals surface area contributed by atoms with Crippen LogP contribution in [0.15, 0.2) is 24.3 Å². The van der Waals surface area contributed by atoms with Gasteiger partial charge in [-0.1, -0.05) is 11.6 Å². The lowest BCUT2D eigenvalue weighted by molar-refractivity contribution is -0.156. The quantitative estimate of drug-likeness (QED) is 0.576. The molecule has 10 heteroatoms. The summed E-state index contributed by atoms with van der Waals surface area (Å²) in [6, 6.07) is 4.73. The first-order valence-electron chi connectivity index (χ1n) is 8.26. The molecule has 0 heterocycles. The number of ether oxygens (including phenoxy) is 1. The van der Waals surface area contributed by atoms with Crippen LogP contribution in [0.25, 0.3) is 0 Å². The number of rotatable bonds is 9. The number of hydrogen-bond donors (Lipinski definition) is 2. The maximum absolute atomic E-state index is 12.4. The highest BCUT2D eigenvalue weighted by Crippen LogP contribution is 2.10. The van der Waals surface area contributed by atoms with Crippen molar-refractivity contribution in [3.05, 3.63) is 34.9 Å². The van der Waals surface area contributed by atoms with E-state index in [4.69, 9.17) is 16.3 Å². The third kappa shape index (κ3) is 8.40. The number of carbonyl (C=O) groups excluding carboxylic acids is 3. The predicted molar refractivity (Wildman–Crippen MR) is 101 cm³/mol. The number of halogens is 1. The summed E-state index contributed by atoms with van der Waals surface area (Å²) >= 11 is 5.77. The Balaban J connectivity index is 2.88. The summed E-state index contributed by atoms with van der Waals surface area (Å²) in [5, 5.41) is 5.39. The van der Waals surface area contributed by atoms with Crippen LogP contribution >= 0.6 is 11.6 Å². The Bertz CT molecular complexity index is 779. The van der Waals surface area contributed by atoms with Gasteiger partial charge in [-0.05, 0) is 44.5 Å². The largest absolute Gasteiger partial charge is 0.451 e. The second-order valence-electron chi connectivity index (χ2n) is 5.93. The van der Waals surface area contributed by atoms with E-state index in [0.717, 1.165) is 6.26 Å². The maximum atomic E-state index is 12.4. The van der Waals surface area contributed by atoms with Crippen LogP contribution in [0.4, 0.5) is 0 Å². The van der Waals surface area contributed by atoms with Gasteiger partial charge in [0, 0.05) is 23.4 Å². The predicted octanol–water partition coefficient (Wildman–Crippen LogP) is 0.941. The van der Waals surface area contributed by atoms with Gasteiger partial charge in [0.25, 0.3) is 11.8 Å². The van der Waals surface area contributed by atoms with E-state index in [1.165, 1.54) is 31.2 Å². The van der Waals surface area contributed by atoms with Gasteiger partial charge in [0.1, 0.15) is 15.9 Å². The molecule has 0 fully saturated rings. The van der Waals surface area contributed by atoms with Gasteiger partial charge in [-0.3, -0.25) is 9.59 Å². The molecular weight excluding hydrogens is 396 g/mol. The average molecular weight is 419 g/mol. The maximum Gasteiger partial charge on any atom is 0.329 e. The number of likely N-dealkylation sites (N-methyl/N-ethyl adjacent to an activating group) is 1. The molecule has 8 nitrogen and oxygen atoms in total. The zero-order valence-corrected chi connectivity index (χ0v) is 16.9. The van der Waals surface area contributed by atoms with Crippen molar-refractivity contribution in [1.29, 1.82) is 0 Å². The Morgan fingerprint density at radius 1 is 1.19 bits per heavy atom. The summed E-state index contributed by atoms with van der Waals surface area (Å²) in [6.07, 6.45) is -0.238. The molecule has 2 N–H and O–H groups in total. The monoisotopic (exact) mass is 418 g/mol. The molecule has 0 aliphatic rings. The van der Waals surface area contributed by atoms with Crippen LogP contribution in [0, 0.1) is 0 Å². The number of amides is 2. The summed E-state index contributed by atoms with van der Waals surface area (Å²) in [4.78, 5) is 36.4. The molecule has 0 bridgehead atoms. The molecule has 2 atom stereocenters. The van der Waals surface area contributed by atoms with Crippen molar-refractivity contribution in [2.24, 2.45) is 0 Å². The fourth-order valence-corrected chi connectivity index (χ4v) is 2.84. The SMILES string of the molecule is CCNC(=O)[C@@H](C)OC(=O)[C@@H](CCS(C)(=O)=O)NC(=O)c1ccc(Cl)cc1. The number of nitrogens with one attached hydrogen (secondary N) is 2. The van der Waals surface area contributed by atoms with E-state index in [2.05, 4.69) is 10.6 Å². The third-order valence-electron chi connectivity index (χ3n) is 3.49. The van der Waals surface area contributed by atoms with E-state index in [1.807, 2.05) is 0 Å². The molecule has 0 spiro atoms. The molecule has 1 aromatic carbocycles. The van der Waals surface area contributed by atoms with Gasteiger partial charge < -0.3 is 15.4 Å². The molecule has 0 aromatic heterocycles. The Labute approximate surface area is 163 Å². The Kier molecular flexibility index (Phi) is 8.71. The van der Waals surface area contributed by atoms with E-state index in [0.29, 0.717) is 11.6 Å². The van der Waals surface area contributed by atoms with Gasteiger partial charge in [0.15, 0.2) is 6.10 Å². The first-order chi connectivity index (χ1) is 12.5. The summed E-state index contributed by atoms with van der Waals surface area (Å²) in [7, 11) is -3.37. The molecule has 150 valence electrons. The normalized spacial score (nSPS) is 13.3. The molecule has 0 radical (unpaired) electrons. The topological polar surface area (TPSA) is 119 Å². The highest BCUT2D eigenvalue weighted by Gasteiger charge is 2.27. The first-order valence-corrected chi connectivity index (χ1v) is 10.7. The third-order valence-corrected chi connectivity index (χ3v) is 4.72. The lowest BCUT2D eigenvalue weighted by atomic mass is 10.1. The van der Waals surface area contributed by atoms with Gasteiger partial charge >= 0.3 is 5.97 Å². The molecule has 0 saturated carbocycles. The summed E-state index contributed by atoms with van der Waals surface area (Å²) in [6.45, 7) is 3.47. The summed E-state index contributed by atoms with van der Waals surface area (Å²) in [5.41, 5.74) is 0.244. The molecule has 1 aromatic rings. The molecule has 0 aliphatic heterocycles. The number of carbonyl (C=O) groups is 3. The minimum atomic E-state index is -3.37. The average Bonchev–Trinajstić information content (AvgIpc) is 2.58. The van der Waals surface area contributed by atoms with Gasteiger partial charge in [-0.2, -0.15) is 0 Å². The fourth-order valence-electron chi connectivity index (χ4n) is 2.05. The molecule has 0 unspecified atom stereocenters. The highest BCUT2D eigenvalue weighted by molar-refractivity contribution is 7.90. The van der Waals surface area contributed by atoms with Crippen LogP contribution < -0.4 is 10.6 Å². The molecule has 27 heavy (non-hydrogen) atoms. The standard InChI is InChI=1S/C17H23ClN2O6S/c1-4-19-15(21)11(2)26-17(23)14(9-10-27(3,24)25)20-16(22)12-5-7-13(18)8-6-12/h5-8,11,14H,4,9-10H2,1-3H3,(H,19,21)(H,20,22)/t11-,14-/m1/s1. The van der Waals surface area contributed by atoms with Crippen molar-refractivity contribution < 1.29 is 27.5 Å². The van der Waals surface area contributed by atoms with Crippen molar-refractivity contribution in [1.82, 2.24) is 10.6 Å². The van der Waals surface area contributed by atoms with Crippen LogP contribution in [0.3, 0.4) is 0 Å². The number of esters is 1. The van der Waals surface area contributed by atoms with Gasteiger partial charge in [-0.15, -0.1) is 0 Å². The van der Waals surface area contributed by atoms with Gasteiger partial charge in [0.2, 0.25) is 0 Å². The Morgan fingerprint density at radius 2 is 1.78 bits per heavy atom. The molecular formula is C17H23ClN2O6S. The molecule has 0 saturated heterocycles. The Hall–Kier alpha value is -2.13. The van der Waals surface area contributed by atoms with Crippen molar-refractivity contribution >= 4 is 39.2 Å². The van der Waals surface area contributed by atoms with Crippen molar-refractivity contribution in [3.8, 4) is 0 Å².